The van der Waals surface area contributed by atoms with Crippen LogP contribution in [0.3, 0.4) is 0 Å². The van der Waals surface area contributed by atoms with E-state index in [0.29, 0.717) is 48.8 Å². The molecule has 1 atom stereocenters. The van der Waals surface area contributed by atoms with Crippen LogP contribution in [-0.2, 0) is 34.1 Å². The average Bonchev–Trinajstić information content (AvgIpc) is 3.59. The van der Waals surface area contributed by atoms with E-state index < -0.39 is 39.5 Å². The monoisotopic (exact) mass is 683 g/mol. The van der Waals surface area contributed by atoms with Gasteiger partial charge in [-0.2, -0.15) is 17.5 Å². The number of amides is 1. The first-order chi connectivity index (χ1) is 23.0. The number of pyridine rings is 1. The minimum atomic E-state index is -4.49. The number of hydrogen-bond acceptors (Lipinski definition) is 8. The Morgan fingerprint density at radius 1 is 0.896 bits per heavy atom. The van der Waals surface area contributed by atoms with Crippen LogP contribution in [-0.4, -0.2) is 77.2 Å². The molecule has 0 saturated carbocycles. The maximum absolute atomic E-state index is 13.4. The topological polar surface area (TPSA) is 112 Å². The van der Waals surface area contributed by atoms with Crippen molar-refractivity contribution in [1.82, 2.24) is 29.5 Å². The summed E-state index contributed by atoms with van der Waals surface area (Å²) in [7, 11) is -4.05. The Morgan fingerprint density at radius 3 is 2.25 bits per heavy atom. The molecule has 0 bridgehead atoms. The Labute approximate surface area is 275 Å². The predicted molar refractivity (Wildman–Crippen MR) is 169 cm³/mol. The third kappa shape index (κ3) is 7.63. The van der Waals surface area contributed by atoms with Crippen LogP contribution in [0.5, 0.6) is 0 Å². The first-order valence-corrected chi connectivity index (χ1v) is 16.9. The summed E-state index contributed by atoms with van der Waals surface area (Å²) in [6.45, 7) is 3.49. The molecule has 1 amide bonds. The largest absolute Gasteiger partial charge is 0.416 e. The van der Waals surface area contributed by atoms with E-state index in [4.69, 9.17) is 9.97 Å². The van der Waals surface area contributed by atoms with Gasteiger partial charge in [0, 0.05) is 57.2 Å². The summed E-state index contributed by atoms with van der Waals surface area (Å²) in [4.78, 5) is 31.0. The summed E-state index contributed by atoms with van der Waals surface area (Å²) < 4.78 is 80.9. The number of sulfonamides is 1. The van der Waals surface area contributed by atoms with Gasteiger partial charge in [-0.05, 0) is 73.0 Å². The van der Waals surface area contributed by atoms with Gasteiger partial charge in [-0.1, -0.05) is 12.1 Å². The fourth-order valence-electron chi connectivity index (χ4n) is 5.87. The molecule has 4 heterocycles. The van der Waals surface area contributed by atoms with Crippen LogP contribution in [0.25, 0.3) is 11.3 Å². The highest BCUT2D eigenvalue weighted by molar-refractivity contribution is 7.89. The number of aromatic nitrogens is 3. The van der Waals surface area contributed by atoms with Gasteiger partial charge in [-0.25, -0.2) is 22.8 Å². The molecule has 0 unspecified atom stereocenters. The second kappa shape index (κ2) is 13.9. The molecule has 2 fully saturated rings. The van der Waals surface area contributed by atoms with Gasteiger partial charge >= 0.3 is 6.18 Å². The molecule has 0 radical (unpaired) electrons. The molecule has 0 spiro atoms. The third-order valence-electron chi connectivity index (χ3n) is 8.46. The van der Waals surface area contributed by atoms with Crippen molar-refractivity contribution in [2.45, 2.75) is 43.0 Å². The van der Waals surface area contributed by atoms with Gasteiger partial charge in [0.15, 0.2) is 0 Å². The smallest absolute Gasteiger partial charge is 0.349 e. The molecular weight excluding hydrogens is 650 g/mol. The molecule has 2 aromatic heterocycles. The van der Waals surface area contributed by atoms with Crippen LogP contribution in [0.4, 0.5) is 23.5 Å². The van der Waals surface area contributed by atoms with E-state index in [9.17, 15) is 30.8 Å². The number of hydrogen-bond donors (Lipinski definition) is 1. The van der Waals surface area contributed by atoms with E-state index in [1.165, 1.54) is 24.3 Å². The highest BCUT2D eigenvalue weighted by Crippen LogP contribution is 2.31. The van der Waals surface area contributed by atoms with Crippen LogP contribution in [0.15, 0.2) is 84.0 Å². The fraction of sp³-hybridized carbons (Fsp3) is 0.333. The number of benzene rings is 2. The number of carbonyl (C=O) groups excluding carboxylic acids is 1. The molecule has 252 valence electrons. The summed E-state index contributed by atoms with van der Waals surface area (Å²) in [5.74, 6) is -0.711. The van der Waals surface area contributed by atoms with Gasteiger partial charge in [0.1, 0.15) is 11.9 Å². The van der Waals surface area contributed by atoms with Crippen LogP contribution < -0.4 is 10.2 Å². The standard InChI is InChI=1S/C33H33F4N7O3S/c34-26-7-9-28(10-8-26)48(46,47)44-15-1-2-30(44)31(45)39-21-27-20-29(24-3-5-25(6-4-24)33(35,36)37)41-32(40-27)43-18-16-42(17-19-43)22-23-11-13-38-14-12-23/h3-14,20,30H,1-2,15-19,21-22H2,(H,39,45)/t30-/m0/s1. The highest BCUT2D eigenvalue weighted by Gasteiger charge is 2.39. The van der Waals surface area contributed by atoms with Crippen molar-refractivity contribution in [3.05, 3.63) is 102 Å². The second-order valence-corrected chi connectivity index (χ2v) is 13.6. The number of carbonyl (C=O) groups is 1. The number of halogens is 4. The SMILES string of the molecule is O=C(NCc1cc(-c2ccc(C(F)(F)F)cc2)nc(N2CCN(Cc3ccncc3)CC2)n1)[C@@H]1CCCN1S(=O)(=O)c1ccc(F)cc1. The Bertz CT molecular complexity index is 1840. The Balaban J connectivity index is 1.20. The third-order valence-corrected chi connectivity index (χ3v) is 10.4. The van der Waals surface area contributed by atoms with E-state index in [1.807, 2.05) is 17.0 Å². The number of nitrogens with one attached hydrogen (secondary N) is 1. The van der Waals surface area contributed by atoms with E-state index >= 15 is 0 Å². The van der Waals surface area contributed by atoms with Crippen molar-refractivity contribution in [2.75, 3.05) is 37.6 Å². The van der Waals surface area contributed by atoms with Crippen LogP contribution in [0.1, 0.15) is 29.7 Å². The summed E-state index contributed by atoms with van der Waals surface area (Å²) >= 11 is 0. The molecule has 10 nitrogen and oxygen atoms in total. The fourth-order valence-corrected chi connectivity index (χ4v) is 7.53. The van der Waals surface area contributed by atoms with Crippen molar-refractivity contribution >= 4 is 21.9 Å². The van der Waals surface area contributed by atoms with E-state index in [1.54, 1.807) is 18.5 Å². The average molecular weight is 684 g/mol. The van der Waals surface area contributed by atoms with Crippen LogP contribution in [0.2, 0.25) is 0 Å². The molecule has 48 heavy (non-hydrogen) atoms. The lowest BCUT2D eigenvalue weighted by molar-refractivity contribution is -0.137. The van der Waals surface area contributed by atoms with Crippen molar-refractivity contribution in [3.63, 3.8) is 0 Å². The van der Waals surface area contributed by atoms with E-state index in [0.717, 1.165) is 53.8 Å². The highest BCUT2D eigenvalue weighted by atomic mass is 32.2. The van der Waals surface area contributed by atoms with Gasteiger partial charge in [0.25, 0.3) is 0 Å². The summed E-state index contributed by atoms with van der Waals surface area (Å²) in [6, 6.07) is 13.7. The van der Waals surface area contributed by atoms with Crippen LogP contribution >= 0.6 is 0 Å². The number of alkyl halides is 3. The lowest BCUT2D eigenvalue weighted by Gasteiger charge is -2.35. The number of nitrogens with zero attached hydrogens (tertiary/aromatic N) is 6. The van der Waals surface area contributed by atoms with Gasteiger partial charge in [0.05, 0.1) is 28.4 Å². The summed E-state index contributed by atoms with van der Waals surface area (Å²) in [6.07, 6.45) is -0.204. The van der Waals surface area contributed by atoms with Crippen molar-refractivity contribution in [3.8, 4) is 11.3 Å². The molecular formula is C33H33F4N7O3S. The minimum Gasteiger partial charge on any atom is -0.349 e. The zero-order chi connectivity index (χ0) is 33.9. The molecule has 6 rings (SSSR count). The lowest BCUT2D eigenvalue weighted by Crippen LogP contribution is -2.47. The van der Waals surface area contributed by atoms with Crippen molar-refractivity contribution in [1.29, 1.82) is 0 Å². The minimum absolute atomic E-state index is 0.0646. The number of piperazine rings is 1. The Hall–Kier alpha value is -4.47. The maximum atomic E-state index is 13.4. The quantitative estimate of drug-likeness (QED) is 0.257. The first kappa shape index (κ1) is 33.4. The Kier molecular flexibility index (Phi) is 9.71. The second-order valence-electron chi connectivity index (χ2n) is 11.7. The molecule has 0 aliphatic carbocycles. The number of anilines is 1. The zero-order valence-corrected chi connectivity index (χ0v) is 26.6. The van der Waals surface area contributed by atoms with Crippen molar-refractivity contribution < 1.29 is 30.8 Å². The van der Waals surface area contributed by atoms with E-state index in [-0.39, 0.29) is 18.0 Å². The van der Waals surface area contributed by atoms with Crippen LogP contribution in [0, 0.1) is 5.82 Å². The molecule has 1 N–H and O–H groups in total. The molecule has 2 aliphatic heterocycles. The van der Waals surface area contributed by atoms with Crippen molar-refractivity contribution in [2.24, 2.45) is 0 Å². The van der Waals surface area contributed by atoms with Gasteiger partial charge in [0.2, 0.25) is 21.9 Å². The molecule has 4 aromatic rings. The molecule has 2 saturated heterocycles. The summed E-state index contributed by atoms with van der Waals surface area (Å²) in [5, 5.41) is 2.80. The zero-order valence-electron chi connectivity index (χ0n) is 25.8. The predicted octanol–water partition coefficient (Wildman–Crippen LogP) is 4.49. The maximum Gasteiger partial charge on any atom is 0.416 e. The lowest BCUT2D eigenvalue weighted by atomic mass is 10.1. The van der Waals surface area contributed by atoms with E-state index in [2.05, 4.69) is 15.2 Å². The normalized spacial score (nSPS) is 17.8. The molecule has 2 aromatic carbocycles. The summed E-state index contributed by atoms with van der Waals surface area (Å²) in [5.41, 5.74) is 1.60. The van der Waals surface area contributed by atoms with Gasteiger partial charge < -0.3 is 10.2 Å². The Morgan fingerprint density at radius 2 is 1.58 bits per heavy atom. The number of rotatable bonds is 9. The first-order valence-electron chi connectivity index (χ1n) is 15.4. The molecule has 15 heteroatoms. The molecule has 2 aliphatic rings. The van der Waals surface area contributed by atoms with Gasteiger partial charge in [-0.15, -0.1) is 0 Å². The van der Waals surface area contributed by atoms with Gasteiger partial charge in [-0.3, -0.25) is 14.7 Å².